The Labute approximate surface area is 121 Å². The molecule has 0 saturated heterocycles. The minimum atomic E-state index is 0.167. The molecule has 1 rings (SSSR count). The van der Waals surface area contributed by atoms with Gasteiger partial charge >= 0.3 is 0 Å². The highest BCUT2D eigenvalue weighted by atomic mass is 32.1. The summed E-state index contributed by atoms with van der Waals surface area (Å²) in [5.74, 6) is 0.852. The molecule has 2 N–H and O–H groups in total. The van der Waals surface area contributed by atoms with E-state index in [-0.39, 0.29) is 5.41 Å². The topological polar surface area (TPSA) is 33.3 Å². The summed E-state index contributed by atoms with van der Waals surface area (Å²) in [6, 6.07) is 6.18. The van der Waals surface area contributed by atoms with E-state index in [1.807, 2.05) is 25.1 Å². The first-order valence-electron chi connectivity index (χ1n) is 6.46. The fourth-order valence-corrected chi connectivity index (χ4v) is 1.76. The fraction of sp³-hybridized carbons (Fsp3) is 0.533. The van der Waals surface area contributed by atoms with Gasteiger partial charge in [-0.2, -0.15) is 0 Å². The summed E-state index contributed by atoms with van der Waals surface area (Å²) in [7, 11) is 1.67. The van der Waals surface area contributed by atoms with Crippen LogP contribution in [0.5, 0.6) is 5.75 Å². The second-order valence-corrected chi connectivity index (χ2v) is 6.28. The van der Waals surface area contributed by atoms with Gasteiger partial charge in [0.1, 0.15) is 5.75 Å². The molecule has 0 amide bonds. The van der Waals surface area contributed by atoms with E-state index in [2.05, 4.69) is 38.3 Å². The summed E-state index contributed by atoms with van der Waals surface area (Å²) < 4.78 is 5.19. The molecule has 0 fully saturated rings. The quantitative estimate of drug-likeness (QED) is 0.827. The maximum absolute atomic E-state index is 5.35. The smallest absolute Gasteiger partial charge is 0.171 e. The van der Waals surface area contributed by atoms with Crippen LogP contribution in [0.15, 0.2) is 18.2 Å². The van der Waals surface area contributed by atoms with E-state index in [1.165, 1.54) is 0 Å². The van der Waals surface area contributed by atoms with Gasteiger partial charge in [0.15, 0.2) is 5.11 Å². The van der Waals surface area contributed by atoms with Crippen molar-refractivity contribution in [3.05, 3.63) is 23.8 Å². The molecule has 0 spiro atoms. The van der Waals surface area contributed by atoms with Crippen LogP contribution in [0.1, 0.15) is 33.3 Å². The van der Waals surface area contributed by atoms with E-state index in [0.717, 1.165) is 17.0 Å². The standard InChI is InChI=1S/C15H24N2OS/c1-10-9-12(18-6)7-8-13(10)17-14(19)16-11(2)15(3,4)5/h7-9,11H,1-6H3,(H2,16,17,19). The summed E-state index contributed by atoms with van der Waals surface area (Å²) in [5.41, 5.74) is 2.27. The average molecular weight is 280 g/mol. The Kier molecular flexibility index (Phi) is 5.18. The Hall–Kier alpha value is -1.29. The minimum Gasteiger partial charge on any atom is -0.497 e. The van der Waals surface area contributed by atoms with Gasteiger partial charge in [0.05, 0.1) is 7.11 Å². The van der Waals surface area contributed by atoms with E-state index in [0.29, 0.717) is 11.2 Å². The molecule has 3 nitrogen and oxygen atoms in total. The highest BCUT2D eigenvalue weighted by Crippen LogP contribution is 2.22. The van der Waals surface area contributed by atoms with Crippen LogP contribution in [-0.2, 0) is 0 Å². The Bertz CT molecular complexity index is 452. The molecule has 0 heterocycles. The van der Waals surface area contributed by atoms with Gasteiger partial charge < -0.3 is 15.4 Å². The van der Waals surface area contributed by atoms with Crippen molar-refractivity contribution in [3.63, 3.8) is 0 Å². The van der Waals surface area contributed by atoms with Crippen molar-refractivity contribution in [1.82, 2.24) is 5.32 Å². The lowest BCUT2D eigenvalue weighted by molar-refractivity contribution is 0.317. The third-order valence-corrected chi connectivity index (χ3v) is 3.55. The zero-order valence-corrected chi connectivity index (χ0v) is 13.4. The van der Waals surface area contributed by atoms with Gasteiger partial charge in [-0.05, 0) is 55.2 Å². The molecule has 19 heavy (non-hydrogen) atoms. The second kappa shape index (κ2) is 6.24. The summed E-state index contributed by atoms with van der Waals surface area (Å²) in [4.78, 5) is 0. The van der Waals surface area contributed by atoms with E-state index < -0.39 is 0 Å². The number of nitrogens with one attached hydrogen (secondary N) is 2. The molecule has 0 aliphatic rings. The molecule has 4 heteroatoms. The van der Waals surface area contributed by atoms with Crippen LogP contribution in [0.3, 0.4) is 0 Å². The second-order valence-electron chi connectivity index (χ2n) is 5.87. The van der Waals surface area contributed by atoms with Gasteiger partial charge in [0, 0.05) is 11.7 Å². The Morgan fingerprint density at radius 2 is 1.95 bits per heavy atom. The van der Waals surface area contributed by atoms with E-state index in [1.54, 1.807) is 7.11 Å². The monoisotopic (exact) mass is 280 g/mol. The maximum Gasteiger partial charge on any atom is 0.171 e. The number of aryl methyl sites for hydroxylation is 1. The van der Waals surface area contributed by atoms with Crippen LogP contribution < -0.4 is 15.4 Å². The molecule has 0 bridgehead atoms. The summed E-state index contributed by atoms with van der Waals surface area (Å²) >= 11 is 5.35. The SMILES string of the molecule is COc1ccc(NC(=S)NC(C)C(C)(C)C)c(C)c1. The number of benzene rings is 1. The van der Waals surface area contributed by atoms with Crippen molar-refractivity contribution < 1.29 is 4.74 Å². The molecule has 0 aromatic heterocycles. The van der Waals surface area contributed by atoms with Gasteiger partial charge in [0.2, 0.25) is 0 Å². The average Bonchev–Trinajstić information content (AvgIpc) is 2.30. The van der Waals surface area contributed by atoms with Crippen LogP contribution in [0.25, 0.3) is 0 Å². The Morgan fingerprint density at radius 3 is 2.42 bits per heavy atom. The molecule has 1 aromatic carbocycles. The lowest BCUT2D eigenvalue weighted by Gasteiger charge is -2.29. The van der Waals surface area contributed by atoms with E-state index in [4.69, 9.17) is 17.0 Å². The molecule has 0 saturated carbocycles. The molecular formula is C15H24N2OS. The van der Waals surface area contributed by atoms with Gasteiger partial charge in [-0.15, -0.1) is 0 Å². The summed E-state index contributed by atoms with van der Waals surface area (Å²) in [6.07, 6.45) is 0. The number of methoxy groups -OCH3 is 1. The van der Waals surface area contributed by atoms with Gasteiger partial charge in [-0.25, -0.2) is 0 Å². The highest BCUT2D eigenvalue weighted by molar-refractivity contribution is 7.80. The van der Waals surface area contributed by atoms with Gasteiger partial charge in [-0.3, -0.25) is 0 Å². The minimum absolute atomic E-state index is 0.167. The molecule has 0 aliphatic carbocycles. The van der Waals surface area contributed by atoms with Crippen LogP contribution in [-0.4, -0.2) is 18.3 Å². The lowest BCUT2D eigenvalue weighted by atomic mass is 9.88. The van der Waals surface area contributed by atoms with E-state index >= 15 is 0 Å². The Morgan fingerprint density at radius 1 is 1.32 bits per heavy atom. The van der Waals surface area contributed by atoms with Crippen molar-refractivity contribution in [2.75, 3.05) is 12.4 Å². The molecule has 1 unspecified atom stereocenters. The zero-order chi connectivity index (χ0) is 14.6. The van der Waals surface area contributed by atoms with Crippen LogP contribution >= 0.6 is 12.2 Å². The number of hydrogen-bond acceptors (Lipinski definition) is 2. The molecule has 106 valence electrons. The fourth-order valence-electron chi connectivity index (χ4n) is 1.47. The van der Waals surface area contributed by atoms with Crippen LogP contribution in [0, 0.1) is 12.3 Å². The first-order chi connectivity index (χ1) is 8.74. The maximum atomic E-state index is 5.35. The number of hydrogen-bond donors (Lipinski definition) is 2. The third kappa shape index (κ3) is 4.71. The normalized spacial score (nSPS) is 12.7. The first kappa shape index (κ1) is 15.8. The van der Waals surface area contributed by atoms with Crippen molar-refractivity contribution in [1.29, 1.82) is 0 Å². The van der Waals surface area contributed by atoms with Crippen LogP contribution in [0.2, 0.25) is 0 Å². The molecule has 0 radical (unpaired) electrons. The first-order valence-corrected chi connectivity index (χ1v) is 6.87. The summed E-state index contributed by atoms with van der Waals surface area (Å²) in [5, 5.41) is 7.19. The summed E-state index contributed by atoms with van der Waals surface area (Å²) in [6.45, 7) is 10.7. The number of ether oxygens (including phenoxy) is 1. The lowest BCUT2D eigenvalue weighted by Crippen LogP contribution is -2.43. The predicted octanol–water partition coefficient (Wildman–Crippen LogP) is 3.72. The molecular weight excluding hydrogens is 256 g/mol. The number of thiocarbonyl (C=S) groups is 1. The highest BCUT2D eigenvalue weighted by Gasteiger charge is 2.20. The van der Waals surface area contributed by atoms with Crippen molar-refractivity contribution in [3.8, 4) is 5.75 Å². The third-order valence-electron chi connectivity index (χ3n) is 3.33. The van der Waals surface area contributed by atoms with Crippen LogP contribution in [0.4, 0.5) is 5.69 Å². The zero-order valence-electron chi connectivity index (χ0n) is 12.6. The van der Waals surface area contributed by atoms with Crippen molar-refractivity contribution >= 4 is 23.0 Å². The molecule has 1 aromatic rings. The van der Waals surface area contributed by atoms with Crippen molar-refractivity contribution in [2.24, 2.45) is 5.41 Å². The van der Waals surface area contributed by atoms with E-state index in [9.17, 15) is 0 Å². The van der Waals surface area contributed by atoms with Gasteiger partial charge in [-0.1, -0.05) is 20.8 Å². The predicted molar refractivity (Wildman–Crippen MR) is 86.0 cm³/mol. The number of rotatable bonds is 3. The molecule has 0 aliphatic heterocycles. The Balaban J connectivity index is 2.67. The largest absolute Gasteiger partial charge is 0.497 e. The molecule has 1 atom stereocenters. The van der Waals surface area contributed by atoms with Crippen molar-refractivity contribution in [2.45, 2.75) is 40.7 Å². The van der Waals surface area contributed by atoms with Gasteiger partial charge in [0.25, 0.3) is 0 Å². The number of anilines is 1.